The number of hydrogen-bond acceptors (Lipinski definition) is 9. The summed E-state index contributed by atoms with van der Waals surface area (Å²) in [5.74, 6) is -1.41. The largest absolute Gasteiger partial charge is 0.502 e. The number of amides is 1. The number of nitrogens with zero attached hydrogens (tertiary/aromatic N) is 1. The van der Waals surface area contributed by atoms with Gasteiger partial charge in [-0.05, 0) is 17.2 Å². The first-order valence-corrected chi connectivity index (χ1v) is 10.0. The average Bonchev–Trinajstić information content (AvgIpc) is 2.79. The number of nitrogens with one attached hydrogen (secondary N) is 1. The van der Waals surface area contributed by atoms with Crippen LogP contribution in [0.5, 0.6) is 5.75 Å². The van der Waals surface area contributed by atoms with Crippen molar-refractivity contribution in [3.63, 3.8) is 0 Å². The Bertz CT molecular complexity index is 971. The molecule has 0 fully saturated rings. The van der Waals surface area contributed by atoms with Crippen LogP contribution < -0.4 is 5.32 Å². The zero-order valence-corrected chi connectivity index (χ0v) is 17.9. The van der Waals surface area contributed by atoms with Gasteiger partial charge in [-0.1, -0.05) is 36.4 Å². The normalized spacial score (nSPS) is 12.5. The summed E-state index contributed by atoms with van der Waals surface area (Å²) in [6.07, 6.45) is -1.36. The molecule has 2 N–H and O–H groups in total. The fraction of sp³-hybridized carbons (Fsp3) is 0.300. The standard InChI is InChI=1S/C20H21N2O9P/c1-29-18(24)20(9-10-31-32-28,12-15-7-8-17(23)16(11-15)22(26)27)21-19(25)30-13-14-5-3-2-4-6-14/h2-8,11,23H,9-10,12-13H2,1H3,(H,21,25)/t20-/m0/s1. The minimum Gasteiger partial charge on any atom is -0.502 e. The van der Waals surface area contributed by atoms with Gasteiger partial charge in [0.15, 0.2) is 5.75 Å². The average molecular weight is 464 g/mol. The lowest BCUT2D eigenvalue weighted by Crippen LogP contribution is -2.57. The molecule has 0 aromatic heterocycles. The number of carbonyl (C=O) groups is 2. The number of benzene rings is 2. The van der Waals surface area contributed by atoms with Gasteiger partial charge in [0.25, 0.3) is 0 Å². The predicted octanol–water partition coefficient (Wildman–Crippen LogP) is 3.29. The number of phenols is 1. The predicted molar refractivity (Wildman–Crippen MR) is 111 cm³/mol. The summed E-state index contributed by atoms with van der Waals surface area (Å²) in [6, 6.07) is 12.4. The van der Waals surface area contributed by atoms with Gasteiger partial charge < -0.3 is 19.9 Å². The van der Waals surface area contributed by atoms with E-state index in [2.05, 4.69) is 5.32 Å². The molecule has 0 radical (unpaired) electrons. The van der Waals surface area contributed by atoms with E-state index in [4.69, 9.17) is 14.0 Å². The topological polar surface area (TPSA) is 154 Å². The van der Waals surface area contributed by atoms with Gasteiger partial charge in [-0.3, -0.25) is 14.6 Å². The minimum atomic E-state index is -1.75. The van der Waals surface area contributed by atoms with E-state index < -0.39 is 42.6 Å². The molecule has 170 valence electrons. The third-order valence-electron chi connectivity index (χ3n) is 4.55. The number of carbonyl (C=O) groups excluding carboxylic acids is 2. The zero-order chi connectivity index (χ0) is 23.6. The van der Waals surface area contributed by atoms with Crippen LogP contribution >= 0.6 is 8.69 Å². The molecule has 11 nitrogen and oxygen atoms in total. The molecule has 1 amide bonds. The second kappa shape index (κ2) is 11.7. The Morgan fingerprint density at radius 2 is 1.91 bits per heavy atom. The van der Waals surface area contributed by atoms with Crippen LogP contribution in [0, 0.1) is 10.1 Å². The molecule has 0 aliphatic carbocycles. The third-order valence-corrected chi connectivity index (χ3v) is 4.83. The van der Waals surface area contributed by atoms with Crippen molar-refractivity contribution in [1.29, 1.82) is 0 Å². The van der Waals surface area contributed by atoms with E-state index in [1.165, 1.54) is 6.07 Å². The number of hydrogen-bond donors (Lipinski definition) is 2. The Labute approximate surface area is 184 Å². The molecular formula is C20H21N2O9P. The van der Waals surface area contributed by atoms with Crippen molar-refractivity contribution < 1.29 is 38.2 Å². The van der Waals surface area contributed by atoms with Gasteiger partial charge in [0.05, 0.1) is 18.6 Å². The van der Waals surface area contributed by atoms with Crippen LogP contribution in [0.2, 0.25) is 0 Å². The van der Waals surface area contributed by atoms with Crippen LogP contribution in [0.3, 0.4) is 0 Å². The molecule has 0 unspecified atom stereocenters. The monoisotopic (exact) mass is 464 g/mol. The number of nitro groups is 1. The SMILES string of the molecule is COC(=O)[C@](CCOP=O)(Cc1ccc(O)c([N+](=O)[O-])c1)NC(=O)OCc1ccccc1. The lowest BCUT2D eigenvalue weighted by molar-refractivity contribution is -0.385. The molecule has 0 bridgehead atoms. The van der Waals surface area contributed by atoms with E-state index in [1.54, 1.807) is 30.3 Å². The van der Waals surface area contributed by atoms with Crippen LogP contribution in [0.15, 0.2) is 48.5 Å². The summed E-state index contributed by atoms with van der Waals surface area (Å²) in [6.45, 7) is -0.274. The first-order valence-electron chi connectivity index (χ1n) is 9.29. The fourth-order valence-corrected chi connectivity index (χ4v) is 3.17. The third kappa shape index (κ3) is 6.73. The van der Waals surface area contributed by atoms with Crippen LogP contribution in [0.25, 0.3) is 0 Å². The molecule has 2 aromatic rings. The molecule has 0 spiro atoms. The minimum absolute atomic E-state index is 0.0652. The number of esters is 1. The highest BCUT2D eigenvalue weighted by Gasteiger charge is 2.42. The molecule has 0 saturated carbocycles. The lowest BCUT2D eigenvalue weighted by atomic mass is 9.87. The van der Waals surface area contributed by atoms with E-state index in [0.29, 0.717) is 5.56 Å². The summed E-state index contributed by atoms with van der Waals surface area (Å²) in [5, 5.41) is 23.3. The number of aromatic hydroxyl groups is 1. The van der Waals surface area contributed by atoms with Gasteiger partial charge in [-0.25, -0.2) is 14.2 Å². The molecule has 0 aliphatic rings. The van der Waals surface area contributed by atoms with Gasteiger partial charge in [-0.2, -0.15) is 0 Å². The van der Waals surface area contributed by atoms with Crippen LogP contribution in [-0.4, -0.2) is 41.3 Å². The molecule has 1 atom stereocenters. The van der Waals surface area contributed by atoms with Crippen molar-refractivity contribution in [3.05, 3.63) is 69.8 Å². The number of phenolic OH excluding ortho intramolecular Hbond substituents is 1. The number of rotatable bonds is 11. The summed E-state index contributed by atoms with van der Waals surface area (Å²) >= 11 is 0. The Morgan fingerprint density at radius 3 is 2.53 bits per heavy atom. The highest BCUT2D eigenvalue weighted by molar-refractivity contribution is 7.17. The van der Waals surface area contributed by atoms with Gasteiger partial charge >= 0.3 is 26.4 Å². The number of nitro benzene ring substituents is 1. The Hall–Kier alpha value is -3.56. The Morgan fingerprint density at radius 1 is 1.19 bits per heavy atom. The zero-order valence-electron chi connectivity index (χ0n) is 17.1. The summed E-state index contributed by atoms with van der Waals surface area (Å²) in [4.78, 5) is 35.6. The number of ether oxygens (including phenoxy) is 2. The molecular weight excluding hydrogens is 443 g/mol. The second-order valence-corrected chi connectivity index (χ2v) is 7.08. The number of alkyl carbamates (subject to hydrolysis) is 1. The maximum atomic E-state index is 12.7. The Kier molecular flexibility index (Phi) is 9.06. The summed E-state index contributed by atoms with van der Waals surface area (Å²) < 4.78 is 25.5. The molecule has 0 heterocycles. The van der Waals surface area contributed by atoms with E-state index in [1.807, 2.05) is 0 Å². The Balaban J connectivity index is 2.31. The quantitative estimate of drug-likeness (QED) is 0.168. The molecule has 2 rings (SSSR count). The highest BCUT2D eigenvalue weighted by atomic mass is 31.1. The smallest absolute Gasteiger partial charge is 0.408 e. The van der Waals surface area contributed by atoms with Crippen LogP contribution in [0.1, 0.15) is 17.5 Å². The van der Waals surface area contributed by atoms with Gasteiger partial charge in [0.2, 0.25) is 0 Å². The van der Waals surface area contributed by atoms with E-state index in [9.17, 15) is 29.4 Å². The highest BCUT2D eigenvalue weighted by Crippen LogP contribution is 2.29. The van der Waals surface area contributed by atoms with Crippen molar-refractivity contribution in [2.24, 2.45) is 0 Å². The van der Waals surface area contributed by atoms with Crippen molar-refractivity contribution in [3.8, 4) is 5.75 Å². The lowest BCUT2D eigenvalue weighted by Gasteiger charge is -2.31. The van der Waals surface area contributed by atoms with Crippen LogP contribution in [-0.2, 0) is 36.4 Å². The van der Waals surface area contributed by atoms with Crippen molar-refractivity contribution in [2.45, 2.75) is 25.0 Å². The maximum Gasteiger partial charge on any atom is 0.408 e. The van der Waals surface area contributed by atoms with Crippen LogP contribution in [0.4, 0.5) is 10.5 Å². The van der Waals surface area contributed by atoms with Gasteiger partial charge in [-0.15, -0.1) is 0 Å². The molecule has 2 aromatic carbocycles. The molecule has 32 heavy (non-hydrogen) atoms. The first kappa shape index (κ1) is 24.7. The molecule has 0 saturated heterocycles. The molecule has 12 heteroatoms. The summed E-state index contributed by atoms with van der Waals surface area (Å²) in [7, 11) is 0.482. The van der Waals surface area contributed by atoms with E-state index in [-0.39, 0.29) is 31.6 Å². The van der Waals surface area contributed by atoms with Crippen molar-refractivity contribution >= 4 is 26.4 Å². The maximum absolute atomic E-state index is 12.7. The van der Waals surface area contributed by atoms with E-state index in [0.717, 1.165) is 19.2 Å². The van der Waals surface area contributed by atoms with E-state index >= 15 is 0 Å². The van der Waals surface area contributed by atoms with Gasteiger partial charge in [0, 0.05) is 18.9 Å². The van der Waals surface area contributed by atoms with Crippen molar-refractivity contribution in [2.75, 3.05) is 13.7 Å². The van der Waals surface area contributed by atoms with Gasteiger partial charge in [0.1, 0.15) is 12.1 Å². The summed E-state index contributed by atoms with van der Waals surface area (Å²) in [5.41, 5.74) is -1.35. The molecule has 0 aliphatic heterocycles. The fourth-order valence-electron chi connectivity index (χ4n) is 3.00. The first-order chi connectivity index (χ1) is 15.3. The van der Waals surface area contributed by atoms with Crippen molar-refractivity contribution in [1.82, 2.24) is 5.32 Å². The second-order valence-electron chi connectivity index (χ2n) is 6.68. The number of methoxy groups -OCH3 is 1.